The molecule has 6 nitrogen and oxygen atoms in total. The Bertz CT molecular complexity index is 685. The molecule has 1 fully saturated rings. The Morgan fingerprint density at radius 3 is 2.56 bits per heavy atom. The van der Waals surface area contributed by atoms with Crippen LogP contribution < -0.4 is 5.32 Å². The first-order valence-corrected chi connectivity index (χ1v) is 7.68. The fourth-order valence-corrected chi connectivity index (χ4v) is 3.05. The van der Waals surface area contributed by atoms with E-state index in [2.05, 4.69) is 5.32 Å². The van der Waals surface area contributed by atoms with Crippen molar-refractivity contribution < 1.29 is 32.6 Å². The number of ether oxygens (including phenoxy) is 1. The minimum atomic E-state index is -5.31. The molecule has 0 spiro atoms. The molecule has 1 aliphatic heterocycles. The quantitative estimate of drug-likeness (QED) is 0.790. The van der Waals surface area contributed by atoms with Gasteiger partial charge in [0.05, 0.1) is 12.6 Å². The average Bonchev–Trinajstić information content (AvgIpc) is 2.51. The predicted molar refractivity (Wildman–Crippen MR) is 81.6 cm³/mol. The van der Waals surface area contributed by atoms with Gasteiger partial charge >= 0.3 is 18.2 Å². The first kappa shape index (κ1) is 19.3. The van der Waals surface area contributed by atoms with Crippen molar-refractivity contribution in [2.75, 3.05) is 13.7 Å². The molecule has 0 aromatic heterocycles. The molecule has 138 valence electrons. The third-order valence-electron chi connectivity index (χ3n) is 4.06. The number of halogens is 4. The summed E-state index contributed by atoms with van der Waals surface area (Å²) in [7, 11) is 0.748. The maximum absolute atomic E-state index is 13.7. The summed E-state index contributed by atoms with van der Waals surface area (Å²) in [5.41, 5.74) is -3.70. The second kappa shape index (κ2) is 6.72. The van der Waals surface area contributed by atoms with Gasteiger partial charge in [-0.25, -0.2) is 4.79 Å². The van der Waals surface area contributed by atoms with Crippen LogP contribution in [0.1, 0.15) is 18.5 Å². The van der Waals surface area contributed by atoms with Crippen molar-refractivity contribution in [3.05, 3.63) is 34.9 Å². The maximum Gasteiger partial charge on any atom is 0.437 e. The molecule has 0 bridgehead atoms. The lowest BCUT2D eigenvalue weighted by molar-refractivity contribution is -0.328. The van der Waals surface area contributed by atoms with E-state index < -0.39 is 35.9 Å². The van der Waals surface area contributed by atoms with Crippen molar-refractivity contribution in [1.82, 2.24) is 10.2 Å². The fourth-order valence-electron chi connectivity index (χ4n) is 2.79. The molecular weight excluding hydrogens is 365 g/mol. The molecule has 1 saturated heterocycles. The maximum atomic E-state index is 13.7. The zero-order chi connectivity index (χ0) is 19.0. The van der Waals surface area contributed by atoms with Crippen LogP contribution >= 0.6 is 11.6 Å². The van der Waals surface area contributed by atoms with Crippen LogP contribution in [0.3, 0.4) is 0 Å². The number of carbonyl (C=O) groups excluding carboxylic acids is 2. The van der Waals surface area contributed by atoms with Crippen LogP contribution in [-0.4, -0.2) is 47.6 Å². The van der Waals surface area contributed by atoms with E-state index in [1.807, 2.05) is 0 Å². The molecule has 3 atom stereocenters. The minimum Gasteiger partial charge on any atom is -0.466 e. The molecule has 1 heterocycles. The number of hydrogen-bond acceptors (Lipinski definition) is 4. The zero-order valence-corrected chi connectivity index (χ0v) is 14.1. The second-order valence-corrected chi connectivity index (χ2v) is 5.87. The summed E-state index contributed by atoms with van der Waals surface area (Å²) < 4.78 is 45.8. The van der Waals surface area contributed by atoms with Crippen molar-refractivity contribution in [2.24, 2.45) is 5.92 Å². The van der Waals surface area contributed by atoms with Gasteiger partial charge in [0.15, 0.2) is 0 Å². The Morgan fingerprint density at radius 1 is 1.44 bits per heavy atom. The molecular formula is C15H16ClF3N2O4. The third kappa shape index (κ3) is 3.13. The fraction of sp³-hybridized carbons (Fsp3) is 0.467. The second-order valence-electron chi connectivity index (χ2n) is 5.46. The number of nitrogens with zero attached hydrogens (tertiary/aromatic N) is 1. The Kier molecular flexibility index (Phi) is 5.19. The zero-order valence-electron chi connectivity index (χ0n) is 13.3. The Balaban J connectivity index is 2.67. The number of urea groups is 1. The number of benzene rings is 1. The molecule has 1 aliphatic rings. The first-order chi connectivity index (χ1) is 11.6. The number of hydrogen-bond donors (Lipinski definition) is 2. The lowest BCUT2D eigenvalue weighted by atomic mass is 9.81. The molecule has 2 N–H and O–H groups in total. The van der Waals surface area contributed by atoms with Crippen molar-refractivity contribution in [1.29, 1.82) is 0 Å². The van der Waals surface area contributed by atoms with E-state index >= 15 is 0 Å². The number of esters is 1. The van der Waals surface area contributed by atoms with Crippen molar-refractivity contribution in [3.8, 4) is 0 Å². The highest BCUT2D eigenvalue weighted by Gasteiger charge is 2.70. The van der Waals surface area contributed by atoms with Gasteiger partial charge in [0.25, 0.3) is 5.72 Å². The number of rotatable bonds is 3. The van der Waals surface area contributed by atoms with E-state index in [1.165, 1.54) is 31.2 Å². The van der Waals surface area contributed by atoms with Crippen LogP contribution in [0.4, 0.5) is 18.0 Å². The van der Waals surface area contributed by atoms with Crippen LogP contribution in [0, 0.1) is 5.92 Å². The molecule has 2 rings (SSSR count). The van der Waals surface area contributed by atoms with Gasteiger partial charge in [0, 0.05) is 12.1 Å². The van der Waals surface area contributed by atoms with Gasteiger partial charge in [-0.2, -0.15) is 13.2 Å². The summed E-state index contributed by atoms with van der Waals surface area (Å²) in [5, 5.41) is 12.7. The molecule has 25 heavy (non-hydrogen) atoms. The van der Waals surface area contributed by atoms with Gasteiger partial charge in [-0.15, -0.1) is 0 Å². The van der Waals surface area contributed by atoms with E-state index in [4.69, 9.17) is 16.3 Å². The van der Waals surface area contributed by atoms with Crippen LogP contribution in [0.15, 0.2) is 24.3 Å². The highest BCUT2D eigenvalue weighted by molar-refractivity contribution is 6.31. The van der Waals surface area contributed by atoms with Crippen LogP contribution in [0.2, 0.25) is 5.02 Å². The molecule has 0 unspecified atom stereocenters. The molecule has 10 heteroatoms. The lowest BCUT2D eigenvalue weighted by Crippen LogP contribution is -2.73. The topological polar surface area (TPSA) is 78.9 Å². The highest BCUT2D eigenvalue weighted by Crippen LogP contribution is 2.47. The first-order valence-electron chi connectivity index (χ1n) is 7.30. The van der Waals surface area contributed by atoms with Gasteiger partial charge in [-0.05, 0) is 18.6 Å². The molecule has 0 radical (unpaired) electrons. The van der Waals surface area contributed by atoms with Crippen molar-refractivity contribution in [3.63, 3.8) is 0 Å². The van der Waals surface area contributed by atoms with Crippen molar-refractivity contribution >= 4 is 23.6 Å². The van der Waals surface area contributed by atoms with E-state index in [0.717, 1.165) is 7.05 Å². The SMILES string of the molecule is CCOC(=O)[C@@H]1[C@@H](c2ccccc2Cl)NC(=O)N(C)[C@]1(O)C(F)(F)F. The van der Waals surface area contributed by atoms with Crippen LogP contribution in [0.25, 0.3) is 0 Å². The van der Waals surface area contributed by atoms with E-state index in [-0.39, 0.29) is 22.1 Å². The smallest absolute Gasteiger partial charge is 0.437 e. The summed E-state index contributed by atoms with van der Waals surface area (Å²) in [6.07, 6.45) is -5.31. The number of amides is 2. The van der Waals surface area contributed by atoms with Gasteiger partial charge in [0.2, 0.25) is 0 Å². The minimum absolute atomic E-state index is 0.0381. The summed E-state index contributed by atoms with van der Waals surface area (Å²) >= 11 is 6.02. The molecule has 2 amide bonds. The molecule has 0 saturated carbocycles. The summed E-state index contributed by atoms with van der Waals surface area (Å²) in [6, 6.07) is 3.06. The molecule has 0 aliphatic carbocycles. The number of aliphatic hydroxyl groups is 1. The van der Waals surface area contributed by atoms with E-state index in [9.17, 15) is 27.9 Å². The Labute approximate surface area is 146 Å². The Hall–Kier alpha value is -2.00. The summed E-state index contributed by atoms with van der Waals surface area (Å²) in [4.78, 5) is 24.4. The molecule has 1 aromatic carbocycles. The van der Waals surface area contributed by atoms with Crippen molar-refractivity contribution in [2.45, 2.75) is 24.9 Å². The number of nitrogens with one attached hydrogen (secondary N) is 1. The standard InChI is InChI=1S/C15H16ClF3N2O4/c1-3-25-12(22)10-11(8-6-4-5-7-9(8)16)20-13(23)21(2)14(10,24)15(17,18)19/h4-7,10-11,24H,3H2,1-2H3,(H,20,23)/t10-,11+,14+/m0/s1. The van der Waals surface area contributed by atoms with Crippen LogP contribution in [-0.2, 0) is 9.53 Å². The predicted octanol–water partition coefficient (Wildman–Crippen LogP) is 2.47. The van der Waals surface area contributed by atoms with Gasteiger partial charge in [-0.3, -0.25) is 9.69 Å². The largest absolute Gasteiger partial charge is 0.466 e. The number of carbonyl (C=O) groups is 2. The van der Waals surface area contributed by atoms with Gasteiger partial charge < -0.3 is 15.2 Å². The van der Waals surface area contributed by atoms with Crippen LogP contribution in [0.5, 0.6) is 0 Å². The van der Waals surface area contributed by atoms with E-state index in [1.54, 1.807) is 0 Å². The summed E-state index contributed by atoms with van der Waals surface area (Å²) in [6.45, 7) is 1.22. The third-order valence-corrected chi connectivity index (χ3v) is 4.40. The highest BCUT2D eigenvalue weighted by atomic mass is 35.5. The normalized spacial score (nSPS) is 27.0. The van der Waals surface area contributed by atoms with E-state index in [0.29, 0.717) is 0 Å². The molecule has 1 aromatic rings. The monoisotopic (exact) mass is 380 g/mol. The van der Waals surface area contributed by atoms with Gasteiger partial charge in [0.1, 0.15) is 5.92 Å². The Morgan fingerprint density at radius 2 is 2.04 bits per heavy atom. The number of alkyl halides is 3. The summed E-state index contributed by atoms with van der Waals surface area (Å²) in [5.74, 6) is -3.48. The van der Waals surface area contributed by atoms with Gasteiger partial charge in [-0.1, -0.05) is 29.8 Å². The lowest BCUT2D eigenvalue weighted by Gasteiger charge is -2.49. The average molecular weight is 381 g/mol.